The average molecular weight is 397 g/mol. The average Bonchev–Trinajstić information content (AvgIpc) is 2.01. The van der Waals surface area contributed by atoms with Crippen LogP contribution in [0.15, 0.2) is 24.3 Å². The maximum Gasteiger partial charge on any atom is 0.416 e. The largest absolute Gasteiger partial charge is 0.416 e. The van der Waals surface area contributed by atoms with E-state index in [0.29, 0.717) is 0 Å². The Hall–Kier alpha value is 0.450. The second-order valence-electron chi connectivity index (χ2n) is 2.54. The van der Waals surface area contributed by atoms with E-state index in [0.717, 1.165) is 6.07 Å². The summed E-state index contributed by atoms with van der Waals surface area (Å²) in [6, 6.07) is 5.32. The van der Waals surface area contributed by atoms with Gasteiger partial charge >= 0.3 is 6.18 Å². The highest BCUT2D eigenvalue weighted by molar-refractivity contribution is 9.38. The maximum atomic E-state index is 12.5. The molecule has 78 valence electrons. The van der Waals surface area contributed by atoms with Gasteiger partial charge in [0.1, 0.15) is 0 Å². The molecule has 6 heteroatoms. The van der Waals surface area contributed by atoms with Crippen LogP contribution in [0.2, 0.25) is 0 Å². The summed E-state index contributed by atoms with van der Waals surface area (Å²) < 4.78 is 36.5. The molecule has 1 aromatic carbocycles. The predicted molar refractivity (Wildman–Crippen MR) is 59.9 cm³/mol. The lowest BCUT2D eigenvalue weighted by Gasteiger charge is -2.18. The first kappa shape index (κ1) is 12.5. The summed E-state index contributed by atoms with van der Waals surface area (Å²) in [6.45, 7) is 0. The van der Waals surface area contributed by atoms with Crippen molar-refractivity contribution in [2.24, 2.45) is 0 Å². The van der Waals surface area contributed by atoms with Gasteiger partial charge in [0, 0.05) is 5.56 Å². The van der Waals surface area contributed by atoms with E-state index in [2.05, 4.69) is 47.8 Å². The third-order valence-electron chi connectivity index (χ3n) is 1.54. The zero-order chi connectivity index (χ0) is 11.0. The summed E-state index contributed by atoms with van der Waals surface area (Å²) in [6.07, 6.45) is -4.35. The molecule has 0 aliphatic carbocycles. The summed E-state index contributed by atoms with van der Waals surface area (Å²) in [5.41, 5.74) is -0.585. The smallest absolute Gasteiger partial charge is 0.166 e. The third kappa shape index (κ3) is 2.97. The molecule has 0 bridgehead atoms. The van der Waals surface area contributed by atoms with E-state index >= 15 is 0 Å². The van der Waals surface area contributed by atoms with Gasteiger partial charge < -0.3 is 0 Å². The van der Waals surface area contributed by atoms with Crippen LogP contribution in [0.5, 0.6) is 0 Å². The molecule has 0 saturated carbocycles. The van der Waals surface area contributed by atoms with Crippen LogP contribution in [0.3, 0.4) is 0 Å². The number of hydrogen-bond acceptors (Lipinski definition) is 0. The number of benzene rings is 1. The monoisotopic (exact) mass is 394 g/mol. The molecule has 0 fully saturated rings. The van der Waals surface area contributed by atoms with E-state index in [4.69, 9.17) is 0 Å². The molecule has 0 spiro atoms. The molecule has 0 radical (unpaired) electrons. The van der Waals surface area contributed by atoms with Crippen LogP contribution >= 0.6 is 47.8 Å². The van der Waals surface area contributed by atoms with Crippen molar-refractivity contribution >= 4 is 47.8 Å². The molecule has 0 aliphatic heterocycles. The standard InChI is InChI=1S/C8H4Br3F3/c9-7(10,11)5-3-1-2-4-6(5)8(12,13)14/h1-4H. The lowest BCUT2D eigenvalue weighted by molar-refractivity contribution is -0.138. The van der Waals surface area contributed by atoms with E-state index < -0.39 is 13.9 Å². The Morgan fingerprint density at radius 1 is 0.857 bits per heavy atom. The van der Waals surface area contributed by atoms with E-state index in [1.807, 2.05) is 0 Å². The van der Waals surface area contributed by atoms with Crippen molar-refractivity contribution in [3.8, 4) is 0 Å². The molecule has 1 aromatic rings. The van der Waals surface area contributed by atoms with Crippen molar-refractivity contribution in [3.63, 3.8) is 0 Å². The highest BCUT2D eigenvalue weighted by atomic mass is 80.0. The van der Waals surface area contributed by atoms with E-state index in [1.54, 1.807) is 6.07 Å². The molecule has 14 heavy (non-hydrogen) atoms. The number of alkyl halides is 6. The fourth-order valence-corrected chi connectivity index (χ4v) is 2.01. The van der Waals surface area contributed by atoms with E-state index in [-0.39, 0.29) is 5.56 Å². The minimum Gasteiger partial charge on any atom is -0.166 e. The number of halogens is 6. The van der Waals surface area contributed by atoms with Crippen LogP contribution < -0.4 is 0 Å². The second-order valence-corrected chi connectivity index (χ2v) is 9.30. The molecule has 0 aliphatic rings. The predicted octanol–water partition coefficient (Wildman–Crippen LogP) is 5.00. The van der Waals surface area contributed by atoms with Gasteiger partial charge in [-0.1, -0.05) is 66.0 Å². The summed E-state index contributed by atoms with van der Waals surface area (Å²) in [7, 11) is 0. The SMILES string of the molecule is FC(F)(F)c1ccccc1C(Br)(Br)Br. The first-order chi connectivity index (χ1) is 6.23. The summed E-state index contributed by atoms with van der Waals surface area (Å²) in [5, 5.41) is 0. The highest BCUT2D eigenvalue weighted by Crippen LogP contribution is 2.48. The van der Waals surface area contributed by atoms with Gasteiger partial charge in [-0.2, -0.15) is 13.2 Å². The van der Waals surface area contributed by atoms with Crippen LogP contribution in [-0.2, 0) is 8.32 Å². The summed E-state index contributed by atoms with van der Waals surface area (Å²) >= 11 is 9.19. The molecule has 0 saturated heterocycles. The van der Waals surface area contributed by atoms with Gasteiger partial charge in [0.2, 0.25) is 0 Å². The number of rotatable bonds is 0. The third-order valence-corrected chi connectivity index (χ3v) is 2.82. The van der Waals surface area contributed by atoms with Gasteiger partial charge in [-0.05, 0) is 6.07 Å². The lowest BCUT2D eigenvalue weighted by Crippen LogP contribution is -2.13. The first-order valence-electron chi connectivity index (χ1n) is 3.46. The Labute approximate surface area is 104 Å². The zero-order valence-corrected chi connectivity index (χ0v) is 11.3. The Morgan fingerprint density at radius 3 is 1.57 bits per heavy atom. The summed E-state index contributed by atoms with van der Waals surface area (Å²) in [4.78, 5) is 0. The van der Waals surface area contributed by atoms with Crippen LogP contribution in [0.1, 0.15) is 11.1 Å². The van der Waals surface area contributed by atoms with Gasteiger partial charge in [-0.15, -0.1) is 0 Å². The molecular formula is C8H4Br3F3. The Morgan fingerprint density at radius 2 is 1.29 bits per heavy atom. The van der Waals surface area contributed by atoms with Crippen LogP contribution in [0.4, 0.5) is 13.2 Å². The maximum absolute atomic E-state index is 12.5. The Kier molecular flexibility index (Phi) is 3.70. The zero-order valence-electron chi connectivity index (χ0n) is 6.58. The highest BCUT2D eigenvalue weighted by Gasteiger charge is 2.37. The fourth-order valence-electron chi connectivity index (χ4n) is 0.978. The number of hydrogen-bond donors (Lipinski definition) is 0. The van der Waals surface area contributed by atoms with Crippen LogP contribution in [0.25, 0.3) is 0 Å². The van der Waals surface area contributed by atoms with Crippen molar-refractivity contribution in [2.75, 3.05) is 0 Å². The van der Waals surface area contributed by atoms with Gasteiger partial charge in [-0.25, -0.2) is 0 Å². The molecule has 0 unspecified atom stereocenters. The molecular weight excluding hydrogens is 393 g/mol. The molecule has 0 heterocycles. The van der Waals surface area contributed by atoms with Crippen molar-refractivity contribution in [2.45, 2.75) is 8.32 Å². The second kappa shape index (κ2) is 4.14. The van der Waals surface area contributed by atoms with Gasteiger partial charge in [0.25, 0.3) is 0 Å². The van der Waals surface area contributed by atoms with Crippen molar-refractivity contribution < 1.29 is 13.2 Å². The van der Waals surface area contributed by atoms with Gasteiger partial charge in [0.05, 0.1) is 5.56 Å². The summed E-state index contributed by atoms with van der Waals surface area (Å²) in [5.74, 6) is 0. The minimum atomic E-state index is -4.35. The fraction of sp³-hybridized carbons (Fsp3) is 0.250. The lowest BCUT2D eigenvalue weighted by atomic mass is 10.1. The normalized spacial score (nSPS) is 13.0. The van der Waals surface area contributed by atoms with E-state index in [9.17, 15) is 13.2 Å². The van der Waals surface area contributed by atoms with Gasteiger partial charge in [0.15, 0.2) is 2.14 Å². The molecule has 0 N–H and O–H groups in total. The quantitative estimate of drug-likeness (QED) is 0.541. The first-order valence-corrected chi connectivity index (χ1v) is 5.84. The van der Waals surface area contributed by atoms with Gasteiger partial charge in [-0.3, -0.25) is 0 Å². The van der Waals surface area contributed by atoms with Crippen LogP contribution in [-0.4, -0.2) is 0 Å². The topological polar surface area (TPSA) is 0 Å². The van der Waals surface area contributed by atoms with Crippen molar-refractivity contribution in [3.05, 3.63) is 35.4 Å². The van der Waals surface area contributed by atoms with Crippen LogP contribution in [0, 0.1) is 0 Å². The molecule has 0 amide bonds. The van der Waals surface area contributed by atoms with E-state index in [1.165, 1.54) is 12.1 Å². The molecule has 1 rings (SSSR count). The Bertz CT molecular complexity index is 294. The minimum absolute atomic E-state index is 0.0903. The molecule has 0 nitrogen and oxygen atoms in total. The Balaban J connectivity index is 3.31. The van der Waals surface area contributed by atoms with Crippen molar-refractivity contribution in [1.29, 1.82) is 0 Å². The molecule has 0 aromatic heterocycles. The molecule has 0 atom stereocenters. The van der Waals surface area contributed by atoms with Crippen molar-refractivity contribution in [1.82, 2.24) is 0 Å².